The van der Waals surface area contributed by atoms with Crippen molar-refractivity contribution in [2.75, 3.05) is 38.0 Å². The Kier molecular flexibility index (Phi) is 5.95. The van der Waals surface area contributed by atoms with Crippen LogP contribution in [0.1, 0.15) is 25.8 Å². The molecule has 2 amide bonds. The minimum absolute atomic E-state index is 0.0474. The number of carbonyl (C=O) groups is 2. The summed E-state index contributed by atoms with van der Waals surface area (Å²) in [4.78, 5) is 27.0. The zero-order valence-corrected chi connectivity index (χ0v) is 13.5. The van der Waals surface area contributed by atoms with Gasteiger partial charge in [-0.2, -0.15) is 0 Å². The molecule has 1 aromatic rings. The van der Waals surface area contributed by atoms with E-state index >= 15 is 0 Å². The summed E-state index contributed by atoms with van der Waals surface area (Å²) in [6.07, 6.45) is 1.46. The van der Waals surface area contributed by atoms with Crippen LogP contribution in [0.2, 0.25) is 0 Å². The number of hydrogen-bond donors (Lipinski definition) is 2. The third-order valence-electron chi connectivity index (χ3n) is 4.21. The molecule has 1 saturated heterocycles. The summed E-state index contributed by atoms with van der Waals surface area (Å²) in [5.74, 6) is 0.256. The summed E-state index contributed by atoms with van der Waals surface area (Å²) in [5, 5.41) is 3.01. The van der Waals surface area contributed by atoms with E-state index in [1.165, 1.54) is 4.90 Å². The van der Waals surface area contributed by atoms with Crippen LogP contribution in [-0.2, 0) is 16.0 Å². The van der Waals surface area contributed by atoms with Gasteiger partial charge in [-0.15, -0.1) is 0 Å². The molecule has 5 nitrogen and oxygen atoms in total. The number of amides is 2. The number of nitrogens with zero attached hydrogens (tertiary/aromatic N) is 1. The zero-order valence-electron chi connectivity index (χ0n) is 13.5. The van der Waals surface area contributed by atoms with Crippen LogP contribution in [-0.4, -0.2) is 49.4 Å². The molecule has 1 heterocycles. The predicted molar refractivity (Wildman–Crippen MR) is 86.9 cm³/mol. The molecule has 22 heavy (non-hydrogen) atoms. The first-order valence-corrected chi connectivity index (χ1v) is 8.13. The summed E-state index contributed by atoms with van der Waals surface area (Å²) in [7, 11) is 0. The second kappa shape index (κ2) is 7.94. The van der Waals surface area contributed by atoms with Crippen LogP contribution < -0.4 is 10.2 Å². The number of quaternary nitrogens is 1. The Morgan fingerprint density at radius 2 is 1.86 bits per heavy atom. The van der Waals surface area contributed by atoms with Crippen molar-refractivity contribution >= 4 is 17.5 Å². The maximum absolute atomic E-state index is 12.2. The monoisotopic (exact) mass is 304 g/mol. The molecule has 5 heteroatoms. The number of carbonyl (C=O) groups excluding carboxylic acids is 2. The number of nitrogens with one attached hydrogen (secondary N) is 2. The van der Waals surface area contributed by atoms with E-state index in [0.717, 1.165) is 43.9 Å². The van der Waals surface area contributed by atoms with E-state index in [0.29, 0.717) is 13.0 Å². The van der Waals surface area contributed by atoms with E-state index in [4.69, 9.17) is 0 Å². The minimum atomic E-state index is 0.0474. The van der Waals surface area contributed by atoms with Gasteiger partial charge >= 0.3 is 0 Å². The standard InChI is InChI=1S/C17H25N3O2/c1-3-14-7-5-6-8-15(14)18-16(21)13-19-9-11-20(12-10-19)17(22)4-2/h5-8H,3-4,9-13H2,1-2H3,(H,18,21)/p+1. The summed E-state index contributed by atoms with van der Waals surface area (Å²) in [6, 6.07) is 7.92. The molecule has 0 unspecified atom stereocenters. The Morgan fingerprint density at radius 3 is 2.50 bits per heavy atom. The first kappa shape index (κ1) is 16.5. The number of rotatable bonds is 5. The number of anilines is 1. The maximum Gasteiger partial charge on any atom is 0.279 e. The molecule has 0 bridgehead atoms. The largest absolute Gasteiger partial charge is 0.331 e. The molecule has 1 aliphatic rings. The van der Waals surface area contributed by atoms with Crippen LogP contribution in [0.3, 0.4) is 0 Å². The number of hydrogen-bond acceptors (Lipinski definition) is 2. The van der Waals surface area contributed by atoms with E-state index < -0.39 is 0 Å². The van der Waals surface area contributed by atoms with Gasteiger partial charge < -0.3 is 15.1 Å². The fourth-order valence-corrected chi connectivity index (χ4v) is 2.84. The van der Waals surface area contributed by atoms with Crippen molar-refractivity contribution in [3.63, 3.8) is 0 Å². The molecule has 0 aromatic heterocycles. The minimum Gasteiger partial charge on any atom is -0.331 e. The molecule has 0 aliphatic carbocycles. The van der Waals surface area contributed by atoms with E-state index in [-0.39, 0.29) is 11.8 Å². The highest BCUT2D eigenvalue weighted by atomic mass is 16.2. The number of benzene rings is 1. The molecule has 2 N–H and O–H groups in total. The van der Waals surface area contributed by atoms with Crippen LogP contribution >= 0.6 is 0 Å². The van der Waals surface area contributed by atoms with Gasteiger partial charge in [0.05, 0.1) is 26.2 Å². The van der Waals surface area contributed by atoms with Crippen molar-refractivity contribution in [3.05, 3.63) is 29.8 Å². The van der Waals surface area contributed by atoms with Gasteiger partial charge in [0.25, 0.3) is 5.91 Å². The number of aryl methyl sites for hydroxylation is 1. The van der Waals surface area contributed by atoms with Crippen LogP contribution in [0.4, 0.5) is 5.69 Å². The molecular formula is C17H26N3O2+. The normalized spacial score (nSPS) is 15.6. The fourth-order valence-electron chi connectivity index (χ4n) is 2.84. The molecule has 120 valence electrons. The highest BCUT2D eigenvalue weighted by Gasteiger charge is 2.24. The van der Waals surface area contributed by atoms with E-state index in [9.17, 15) is 9.59 Å². The molecule has 1 aliphatic heterocycles. The van der Waals surface area contributed by atoms with Crippen LogP contribution in [0.5, 0.6) is 0 Å². The Morgan fingerprint density at radius 1 is 1.18 bits per heavy atom. The summed E-state index contributed by atoms with van der Waals surface area (Å²) < 4.78 is 0. The van der Waals surface area contributed by atoms with Crippen LogP contribution in [0, 0.1) is 0 Å². The summed E-state index contributed by atoms with van der Waals surface area (Å²) in [6.45, 7) is 7.62. The summed E-state index contributed by atoms with van der Waals surface area (Å²) in [5.41, 5.74) is 2.07. The Hall–Kier alpha value is -1.88. The average molecular weight is 304 g/mol. The molecule has 1 aromatic carbocycles. The van der Waals surface area contributed by atoms with Gasteiger partial charge in [-0.05, 0) is 18.1 Å². The molecule has 0 saturated carbocycles. The Labute approximate surface area is 132 Å². The molecule has 0 radical (unpaired) electrons. The van der Waals surface area contributed by atoms with Crippen molar-refractivity contribution in [3.8, 4) is 0 Å². The van der Waals surface area contributed by atoms with Crippen molar-refractivity contribution < 1.29 is 14.5 Å². The third-order valence-corrected chi connectivity index (χ3v) is 4.21. The second-order valence-electron chi connectivity index (χ2n) is 5.72. The molecule has 1 fully saturated rings. The van der Waals surface area contributed by atoms with Crippen molar-refractivity contribution in [2.45, 2.75) is 26.7 Å². The van der Waals surface area contributed by atoms with Crippen LogP contribution in [0.15, 0.2) is 24.3 Å². The second-order valence-corrected chi connectivity index (χ2v) is 5.72. The highest BCUT2D eigenvalue weighted by molar-refractivity contribution is 5.92. The Bertz CT molecular complexity index is 522. The van der Waals surface area contributed by atoms with Crippen molar-refractivity contribution in [1.82, 2.24) is 4.90 Å². The zero-order chi connectivity index (χ0) is 15.9. The van der Waals surface area contributed by atoms with Gasteiger partial charge in [-0.25, -0.2) is 0 Å². The van der Waals surface area contributed by atoms with Gasteiger partial charge in [-0.3, -0.25) is 9.59 Å². The lowest BCUT2D eigenvalue weighted by molar-refractivity contribution is -0.895. The third kappa shape index (κ3) is 4.31. The first-order valence-electron chi connectivity index (χ1n) is 8.13. The van der Waals surface area contributed by atoms with Gasteiger partial charge in [0.2, 0.25) is 5.91 Å². The lowest BCUT2D eigenvalue weighted by Crippen LogP contribution is -3.15. The SMILES string of the molecule is CCC(=O)N1CC[NH+](CC(=O)Nc2ccccc2CC)CC1. The lowest BCUT2D eigenvalue weighted by Gasteiger charge is -2.31. The van der Waals surface area contributed by atoms with E-state index in [2.05, 4.69) is 12.2 Å². The van der Waals surface area contributed by atoms with Gasteiger partial charge in [0.15, 0.2) is 6.54 Å². The molecule has 0 atom stereocenters. The molecule has 2 rings (SSSR count). The van der Waals surface area contributed by atoms with E-state index in [1.807, 2.05) is 36.1 Å². The Balaban J connectivity index is 1.82. The first-order chi connectivity index (χ1) is 10.6. The average Bonchev–Trinajstić information content (AvgIpc) is 2.55. The fraction of sp³-hybridized carbons (Fsp3) is 0.529. The van der Waals surface area contributed by atoms with Crippen molar-refractivity contribution in [1.29, 1.82) is 0 Å². The smallest absolute Gasteiger partial charge is 0.279 e. The van der Waals surface area contributed by atoms with Gasteiger partial charge in [0, 0.05) is 12.1 Å². The number of piperazine rings is 1. The van der Waals surface area contributed by atoms with E-state index in [1.54, 1.807) is 0 Å². The maximum atomic E-state index is 12.2. The van der Waals surface area contributed by atoms with Crippen LogP contribution in [0.25, 0.3) is 0 Å². The lowest BCUT2D eigenvalue weighted by atomic mass is 10.1. The quantitative estimate of drug-likeness (QED) is 0.823. The predicted octanol–water partition coefficient (Wildman–Crippen LogP) is 0.325. The highest BCUT2D eigenvalue weighted by Crippen LogP contribution is 2.14. The molecular weight excluding hydrogens is 278 g/mol. The van der Waals surface area contributed by atoms with Crippen molar-refractivity contribution in [2.24, 2.45) is 0 Å². The van der Waals surface area contributed by atoms with Gasteiger partial charge in [-0.1, -0.05) is 32.0 Å². The van der Waals surface area contributed by atoms with Gasteiger partial charge in [0.1, 0.15) is 0 Å². The topological polar surface area (TPSA) is 53.9 Å². The molecule has 0 spiro atoms. The number of para-hydroxylation sites is 1. The summed E-state index contributed by atoms with van der Waals surface area (Å²) >= 11 is 0.